The third-order valence-corrected chi connectivity index (χ3v) is 4.19. The number of hydrogen-bond donors (Lipinski definition) is 0. The van der Waals surface area contributed by atoms with Crippen molar-refractivity contribution < 1.29 is 14.1 Å². The summed E-state index contributed by atoms with van der Waals surface area (Å²) in [4.78, 5) is 18.3. The van der Waals surface area contributed by atoms with Gasteiger partial charge in [0, 0.05) is 32.2 Å². The Morgan fingerprint density at radius 3 is 2.83 bits per heavy atom. The Hall–Kier alpha value is -2.21. The van der Waals surface area contributed by atoms with Crippen LogP contribution < -0.4 is 0 Å². The number of carbonyl (C=O) groups excluding carboxylic acids is 1. The van der Waals surface area contributed by atoms with Crippen LogP contribution in [0.4, 0.5) is 0 Å². The van der Waals surface area contributed by atoms with E-state index >= 15 is 0 Å². The molecule has 2 heterocycles. The summed E-state index contributed by atoms with van der Waals surface area (Å²) in [6, 6.07) is 8.13. The van der Waals surface area contributed by atoms with Crippen LogP contribution >= 0.6 is 0 Å². The molecule has 6 heteroatoms. The van der Waals surface area contributed by atoms with E-state index in [0.29, 0.717) is 37.8 Å². The van der Waals surface area contributed by atoms with Gasteiger partial charge in [-0.1, -0.05) is 36.3 Å². The quantitative estimate of drug-likeness (QED) is 0.818. The standard InChI is InChI=1S/C17H21N3O3/c1-3-12-4-6-13(7-5-12)16-18-17(23-19-16)14-10-15(21)20(11-14)8-9-22-2/h4-7,14H,3,8-11H2,1-2H3. The molecule has 1 atom stereocenters. The zero-order valence-electron chi connectivity index (χ0n) is 13.5. The van der Waals surface area contributed by atoms with Gasteiger partial charge in [0.2, 0.25) is 17.6 Å². The van der Waals surface area contributed by atoms with Crippen LogP contribution in [0.1, 0.15) is 30.7 Å². The summed E-state index contributed by atoms with van der Waals surface area (Å²) < 4.78 is 10.4. The van der Waals surface area contributed by atoms with E-state index in [-0.39, 0.29) is 11.8 Å². The lowest BCUT2D eigenvalue weighted by Gasteiger charge is -2.14. The fraction of sp³-hybridized carbons (Fsp3) is 0.471. The van der Waals surface area contributed by atoms with Crippen LogP contribution in [0, 0.1) is 0 Å². The third-order valence-electron chi connectivity index (χ3n) is 4.19. The average molecular weight is 315 g/mol. The Balaban J connectivity index is 1.70. The summed E-state index contributed by atoms with van der Waals surface area (Å²) in [7, 11) is 1.63. The Labute approximate surface area is 135 Å². The minimum atomic E-state index is -0.0319. The highest BCUT2D eigenvalue weighted by molar-refractivity contribution is 5.79. The number of methoxy groups -OCH3 is 1. The highest BCUT2D eigenvalue weighted by atomic mass is 16.5. The molecule has 1 amide bonds. The van der Waals surface area contributed by atoms with Gasteiger partial charge in [-0.2, -0.15) is 4.98 Å². The molecule has 122 valence electrons. The summed E-state index contributed by atoms with van der Waals surface area (Å²) >= 11 is 0. The molecule has 3 rings (SSSR count). The van der Waals surface area contributed by atoms with Crippen LogP contribution in [0.3, 0.4) is 0 Å². The van der Waals surface area contributed by atoms with Gasteiger partial charge in [-0.15, -0.1) is 0 Å². The number of amides is 1. The number of nitrogens with zero attached hydrogens (tertiary/aromatic N) is 3. The predicted molar refractivity (Wildman–Crippen MR) is 84.9 cm³/mol. The van der Waals surface area contributed by atoms with Crippen LogP contribution in [0.25, 0.3) is 11.4 Å². The number of aryl methyl sites for hydroxylation is 1. The maximum atomic E-state index is 12.0. The number of hydrogen-bond acceptors (Lipinski definition) is 5. The molecule has 0 bridgehead atoms. The van der Waals surface area contributed by atoms with E-state index in [9.17, 15) is 4.79 Å². The van der Waals surface area contributed by atoms with Crippen molar-refractivity contribution in [2.75, 3.05) is 26.8 Å². The molecule has 1 saturated heterocycles. The lowest BCUT2D eigenvalue weighted by Crippen LogP contribution is -2.28. The maximum absolute atomic E-state index is 12.0. The molecule has 1 aliphatic heterocycles. The molecule has 1 aromatic carbocycles. The molecular formula is C17H21N3O3. The molecule has 0 spiro atoms. The molecule has 1 aliphatic rings. The second-order valence-corrected chi connectivity index (χ2v) is 5.74. The highest BCUT2D eigenvalue weighted by Crippen LogP contribution is 2.28. The number of carbonyl (C=O) groups is 1. The van der Waals surface area contributed by atoms with Crippen LogP contribution in [0.5, 0.6) is 0 Å². The van der Waals surface area contributed by atoms with E-state index in [1.807, 2.05) is 12.1 Å². The molecule has 0 aliphatic carbocycles. The number of rotatable bonds is 6. The summed E-state index contributed by atoms with van der Waals surface area (Å²) in [5.41, 5.74) is 2.20. The van der Waals surface area contributed by atoms with Gasteiger partial charge in [-0.05, 0) is 12.0 Å². The van der Waals surface area contributed by atoms with Gasteiger partial charge >= 0.3 is 0 Å². The lowest BCUT2D eigenvalue weighted by atomic mass is 10.1. The smallest absolute Gasteiger partial charge is 0.232 e. The SMILES string of the molecule is CCc1ccc(-c2noc(C3CC(=O)N(CCOC)C3)n2)cc1. The molecule has 0 radical (unpaired) electrons. The van der Waals surface area contributed by atoms with E-state index in [0.717, 1.165) is 12.0 Å². The fourth-order valence-electron chi connectivity index (χ4n) is 2.76. The topological polar surface area (TPSA) is 68.5 Å². The molecule has 1 fully saturated rings. The van der Waals surface area contributed by atoms with Crippen molar-refractivity contribution in [1.29, 1.82) is 0 Å². The van der Waals surface area contributed by atoms with E-state index in [4.69, 9.17) is 9.26 Å². The minimum absolute atomic E-state index is 0.0319. The summed E-state index contributed by atoms with van der Waals surface area (Å²) in [6.45, 7) is 3.87. The van der Waals surface area contributed by atoms with Crippen molar-refractivity contribution in [3.8, 4) is 11.4 Å². The van der Waals surface area contributed by atoms with Crippen LogP contribution in [-0.2, 0) is 16.0 Å². The number of aromatic nitrogens is 2. The van der Waals surface area contributed by atoms with Crippen molar-refractivity contribution in [1.82, 2.24) is 15.0 Å². The van der Waals surface area contributed by atoms with Gasteiger partial charge in [0.05, 0.1) is 12.5 Å². The molecule has 6 nitrogen and oxygen atoms in total. The normalized spacial score (nSPS) is 17.9. The molecule has 2 aromatic rings. The van der Waals surface area contributed by atoms with Gasteiger partial charge < -0.3 is 14.2 Å². The van der Waals surface area contributed by atoms with Gasteiger partial charge in [0.1, 0.15) is 0 Å². The zero-order chi connectivity index (χ0) is 16.2. The first-order valence-electron chi connectivity index (χ1n) is 7.91. The van der Waals surface area contributed by atoms with Gasteiger partial charge in [-0.3, -0.25) is 4.79 Å². The molecule has 23 heavy (non-hydrogen) atoms. The first-order valence-corrected chi connectivity index (χ1v) is 7.91. The number of benzene rings is 1. The van der Waals surface area contributed by atoms with Crippen LogP contribution in [0.15, 0.2) is 28.8 Å². The first-order chi connectivity index (χ1) is 11.2. The Kier molecular flexibility index (Phi) is 4.71. The second kappa shape index (κ2) is 6.91. The molecule has 0 saturated carbocycles. The molecule has 1 aromatic heterocycles. The Morgan fingerprint density at radius 1 is 1.35 bits per heavy atom. The maximum Gasteiger partial charge on any atom is 0.232 e. The molecule has 0 N–H and O–H groups in total. The second-order valence-electron chi connectivity index (χ2n) is 5.74. The van der Waals surface area contributed by atoms with E-state index in [1.54, 1.807) is 12.0 Å². The lowest BCUT2D eigenvalue weighted by molar-refractivity contribution is -0.128. The van der Waals surface area contributed by atoms with E-state index in [1.165, 1.54) is 5.56 Å². The zero-order valence-corrected chi connectivity index (χ0v) is 13.5. The van der Waals surface area contributed by atoms with Gasteiger partial charge in [0.25, 0.3) is 0 Å². The average Bonchev–Trinajstić information content (AvgIpc) is 3.20. The van der Waals surface area contributed by atoms with Gasteiger partial charge in [-0.25, -0.2) is 0 Å². The van der Waals surface area contributed by atoms with E-state index in [2.05, 4.69) is 29.2 Å². The summed E-state index contributed by atoms with van der Waals surface area (Å²) in [5, 5.41) is 4.06. The summed E-state index contributed by atoms with van der Waals surface area (Å²) in [5.74, 6) is 1.19. The van der Waals surface area contributed by atoms with Crippen molar-refractivity contribution in [2.24, 2.45) is 0 Å². The monoisotopic (exact) mass is 315 g/mol. The van der Waals surface area contributed by atoms with Crippen molar-refractivity contribution in [3.05, 3.63) is 35.7 Å². The largest absolute Gasteiger partial charge is 0.383 e. The Morgan fingerprint density at radius 2 is 2.13 bits per heavy atom. The summed E-state index contributed by atoms with van der Waals surface area (Å²) in [6.07, 6.45) is 1.42. The van der Waals surface area contributed by atoms with E-state index < -0.39 is 0 Å². The highest BCUT2D eigenvalue weighted by Gasteiger charge is 2.34. The molecule has 1 unspecified atom stereocenters. The first kappa shape index (κ1) is 15.7. The van der Waals surface area contributed by atoms with Crippen LogP contribution in [0.2, 0.25) is 0 Å². The third kappa shape index (κ3) is 3.42. The number of ether oxygens (including phenoxy) is 1. The number of likely N-dealkylation sites (tertiary alicyclic amines) is 1. The fourth-order valence-corrected chi connectivity index (χ4v) is 2.76. The molecular weight excluding hydrogens is 294 g/mol. The predicted octanol–water partition coefficient (Wildman–Crippen LogP) is 2.26. The van der Waals surface area contributed by atoms with Crippen molar-refractivity contribution >= 4 is 5.91 Å². The van der Waals surface area contributed by atoms with Gasteiger partial charge in [0.15, 0.2) is 0 Å². The van der Waals surface area contributed by atoms with Crippen molar-refractivity contribution in [3.63, 3.8) is 0 Å². The van der Waals surface area contributed by atoms with Crippen LogP contribution in [-0.4, -0.2) is 47.8 Å². The Bertz CT molecular complexity index is 666. The van der Waals surface area contributed by atoms with Crippen molar-refractivity contribution in [2.45, 2.75) is 25.7 Å². The minimum Gasteiger partial charge on any atom is -0.383 e.